The van der Waals surface area contributed by atoms with Gasteiger partial charge in [-0.05, 0) is 18.6 Å². The third-order valence-corrected chi connectivity index (χ3v) is 3.86. The quantitative estimate of drug-likeness (QED) is 0.526. The molecule has 122 valence electrons. The van der Waals surface area contributed by atoms with Gasteiger partial charge in [0.1, 0.15) is 6.61 Å². The van der Waals surface area contributed by atoms with Gasteiger partial charge in [-0.25, -0.2) is 4.79 Å². The molecular weight excluding hydrogens is 302 g/mol. The Kier molecular flexibility index (Phi) is 4.87. The number of carbonyl (C=O) groups excluding carboxylic acids is 1. The van der Waals surface area contributed by atoms with Crippen molar-refractivity contribution in [3.05, 3.63) is 65.9 Å². The summed E-state index contributed by atoms with van der Waals surface area (Å²) in [5, 5.41) is 0.938. The van der Waals surface area contributed by atoms with Crippen molar-refractivity contribution < 1.29 is 14.3 Å². The zero-order chi connectivity index (χ0) is 16.9. The van der Waals surface area contributed by atoms with Crippen LogP contribution in [0, 0.1) is 6.92 Å². The zero-order valence-electron chi connectivity index (χ0n) is 13.8. The lowest BCUT2D eigenvalue weighted by atomic mass is 9.94. The minimum absolute atomic E-state index is 0.218. The van der Waals surface area contributed by atoms with Crippen LogP contribution in [-0.2, 0) is 9.47 Å². The molecule has 0 bridgehead atoms. The van der Waals surface area contributed by atoms with Crippen LogP contribution in [-0.4, -0.2) is 31.3 Å². The largest absolute Gasteiger partial charge is 0.460 e. The fourth-order valence-corrected chi connectivity index (χ4v) is 2.78. The Morgan fingerprint density at radius 1 is 1.00 bits per heavy atom. The van der Waals surface area contributed by atoms with Gasteiger partial charge in [-0.2, -0.15) is 0 Å². The fraction of sp³-hybridized carbons (Fsp3) is 0.200. The van der Waals surface area contributed by atoms with E-state index in [2.05, 4.69) is 4.98 Å². The van der Waals surface area contributed by atoms with Crippen LogP contribution in [0.2, 0.25) is 0 Å². The number of pyridine rings is 1. The summed E-state index contributed by atoms with van der Waals surface area (Å²) in [5.41, 5.74) is 3.87. The topological polar surface area (TPSA) is 48.4 Å². The molecule has 0 aliphatic rings. The predicted molar refractivity (Wildman–Crippen MR) is 94.1 cm³/mol. The number of para-hydroxylation sites is 1. The summed E-state index contributed by atoms with van der Waals surface area (Å²) < 4.78 is 10.3. The van der Waals surface area contributed by atoms with Crippen LogP contribution in [0.5, 0.6) is 0 Å². The number of aromatic nitrogens is 1. The number of benzene rings is 2. The van der Waals surface area contributed by atoms with Crippen molar-refractivity contribution in [2.75, 3.05) is 20.3 Å². The minimum Gasteiger partial charge on any atom is -0.460 e. The molecule has 0 aliphatic carbocycles. The second-order valence-corrected chi connectivity index (χ2v) is 5.46. The standard InChI is InChI=1S/C20H19NO3/c1-14-18(20(22)24-13-12-23-2)19(15-8-4-3-5-9-15)16-10-6-7-11-17(16)21-14/h3-11H,12-13H2,1-2H3. The van der Waals surface area contributed by atoms with Gasteiger partial charge in [0.2, 0.25) is 0 Å². The third kappa shape index (κ3) is 3.14. The highest BCUT2D eigenvalue weighted by Gasteiger charge is 2.21. The molecule has 0 saturated carbocycles. The molecule has 3 aromatic rings. The van der Waals surface area contributed by atoms with Crippen LogP contribution < -0.4 is 0 Å². The molecule has 0 saturated heterocycles. The van der Waals surface area contributed by atoms with Crippen LogP contribution in [0.3, 0.4) is 0 Å². The number of rotatable bonds is 5. The molecule has 0 atom stereocenters. The minimum atomic E-state index is -0.373. The van der Waals surface area contributed by atoms with Crippen LogP contribution in [0.4, 0.5) is 0 Å². The second kappa shape index (κ2) is 7.23. The van der Waals surface area contributed by atoms with E-state index in [4.69, 9.17) is 9.47 Å². The van der Waals surface area contributed by atoms with Crippen molar-refractivity contribution in [2.45, 2.75) is 6.92 Å². The van der Waals surface area contributed by atoms with Crippen molar-refractivity contribution in [3.8, 4) is 11.1 Å². The van der Waals surface area contributed by atoms with Crippen LogP contribution in [0.25, 0.3) is 22.0 Å². The molecule has 0 N–H and O–H groups in total. The summed E-state index contributed by atoms with van der Waals surface area (Å²) in [7, 11) is 1.58. The number of fused-ring (bicyclic) bond motifs is 1. The van der Waals surface area contributed by atoms with Gasteiger partial charge in [0.15, 0.2) is 0 Å². The Balaban J connectivity index is 2.20. The van der Waals surface area contributed by atoms with Crippen molar-refractivity contribution >= 4 is 16.9 Å². The highest BCUT2D eigenvalue weighted by molar-refractivity contribution is 6.07. The van der Waals surface area contributed by atoms with Gasteiger partial charge in [-0.15, -0.1) is 0 Å². The highest BCUT2D eigenvalue weighted by atomic mass is 16.6. The van der Waals surface area contributed by atoms with E-state index in [-0.39, 0.29) is 12.6 Å². The van der Waals surface area contributed by atoms with Crippen molar-refractivity contribution in [1.82, 2.24) is 4.98 Å². The van der Waals surface area contributed by atoms with E-state index < -0.39 is 0 Å². The lowest BCUT2D eigenvalue weighted by Gasteiger charge is -2.15. The van der Waals surface area contributed by atoms with E-state index in [0.29, 0.717) is 17.9 Å². The molecule has 24 heavy (non-hydrogen) atoms. The van der Waals surface area contributed by atoms with E-state index in [1.807, 2.05) is 61.5 Å². The normalized spacial score (nSPS) is 10.8. The molecule has 0 radical (unpaired) electrons. The first-order valence-electron chi connectivity index (χ1n) is 7.83. The maximum Gasteiger partial charge on any atom is 0.340 e. The van der Waals surface area contributed by atoms with Crippen LogP contribution in [0.15, 0.2) is 54.6 Å². The molecule has 4 nitrogen and oxygen atoms in total. The molecule has 0 amide bonds. The van der Waals surface area contributed by atoms with Gasteiger partial charge in [0, 0.05) is 18.1 Å². The number of carbonyl (C=O) groups is 1. The smallest absolute Gasteiger partial charge is 0.340 e. The summed E-state index contributed by atoms with van der Waals surface area (Å²) in [4.78, 5) is 17.2. The Morgan fingerprint density at radius 3 is 2.46 bits per heavy atom. The molecular formula is C20H19NO3. The van der Waals surface area contributed by atoms with Crippen LogP contribution >= 0.6 is 0 Å². The lowest BCUT2D eigenvalue weighted by Crippen LogP contribution is -2.13. The Bertz CT molecular complexity index is 859. The number of aryl methyl sites for hydroxylation is 1. The molecule has 2 aromatic carbocycles. The molecule has 0 fully saturated rings. The monoisotopic (exact) mass is 321 g/mol. The number of hydrogen-bond donors (Lipinski definition) is 0. The maximum absolute atomic E-state index is 12.7. The summed E-state index contributed by atoms with van der Waals surface area (Å²) in [5.74, 6) is -0.373. The second-order valence-electron chi connectivity index (χ2n) is 5.46. The van der Waals surface area contributed by atoms with E-state index >= 15 is 0 Å². The Hall–Kier alpha value is -2.72. The summed E-state index contributed by atoms with van der Waals surface area (Å²) in [6.45, 7) is 2.42. The first kappa shape index (κ1) is 16.1. The zero-order valence-corrected chi connectivity index (χ0v) is 13.8. The SMILES string of the molecule is COCCOC(=O)c1c(C)nc2ccccc2c1-c1ccccc1. The summed E-state index contributed by atoms with van der Waals surface area (Å²) in [6, 6.07) is 17.7. The summed E-state index contributed by atoms with van der Waals surface area (Å²) >= 11 is 0. The molecule has 0 spiro atoms. The highest BCUT2D eigenvalue weighted by Crippen LogP contribution is 2.33. The van der Waals surface area contributed by atoms with Gasteiger partial charge in [-0.1, -0.05) is 48.5 Å². The van der Waals surface area contributed by atoms with Gasteiger partial charge < -0.3 is 9.47 Å². The van der Waals surface area contributed by atoms with Crippen molar-refractivity contribution in [2.24, 2.45) is 0 Å². The number of methoxy groups -OCH3 is 1. The predicted octanol–water partition coefficient (Wildman–Crippen LogP) is 4.01. The average Bonchev–Trinajstić information content (AvgIpc) is 2.61. The average molecular weight is 321 g/mol. The Labute approximate surface area is 141 Å². The maximum atomic E-state index is 12.7. The fourth-order valence-electron chi connectivity index (χ4n) is 2.78. The first-order chi connectivity index (χ1) is 11.7. The van der Waals surface area contributed by atoms with Crippen molar-refractivity contribution in [3.63, 3.8) is 0 Å². The van der Waals surface area contributed by atoms with Crippen molar-refractivity contribution in [1.29, 1.82) is 0 Å². The van der Waals surface area contributed by atoms with E-state index in [9.17, 15) is 4.79 Å². The molecule has 1 heterocycles. The summed E-state index contributed by atoms with van der Waals surface area (Å²) in [6.07, 6.45) is 0. The lowest BCUT2D eigenvalue weighted by molar-refractivity contribution is 0.0388. The number of esters is 1. The number of hydrogen-bond acceptors (Lipinski definition) is 4. The number of nitrogens with zero attached hydrogens (tertiary/aromatic N) is 1. The van der Waals surface area contributed by atoms with Crippen LogP contribution in [0.1, 0.15) is 16.1 Å². The molecule has 3 rings (SSSR count). The number of ether oxygens (including phenoxy) is 2. The van der Waals surface area contributed by atoms with Gasteiger partial charge in [0.25, 0.3) is 0 Å². The van der Waals surface area contributed by atoms with E-state index in [1.165, 1.54) is 0 Å². The molecule has 0 unspecified atom stereocenters. The Morgan fingerprint density at radius 2 is 1.71 bits per heavy atom. The molecule has 4 heteroatoms. The first-order valence-corrected chi connectivity index (χ1v) is 7.83. The van der Waals surface area contributed by atoms with Gasteiger partial charge in [-0.3, -0.25) is 4.98 Å². The third-order valence-electron chi connectivity index (χ3n) is 3.86. The van der Waals surface area contributed by atoms with Gasteiger partial charge in [0.05, 0.1) is 23.4 Å². The molecule has 1 aromatic heterocycles. The molecule has 0 aliphatic heterocycles. The van der Waals surface area contributed by atoms with Gasteiger partial charge >= 0.3 is 5.97 Å². The van der Waals surface area contributed by atoms with E-state index in [0.717, 1.165) is 22.0 Å². The van der Waals surface area contributed by atoms with E-state index in [1.54, 1.807) is 7.11 Å².